The largest absolute Gasteiger partial charge is 0.319 e. The summed E-state index contributed by atoms with van der Waals surface area (Å²) in [5.41, 5.74) is 1.33. The molecule has 0 aromatic carbocycles. The maximum absolute atomic E-state index is 11.5. The summed E-state index contributed by atoms with van der Waals surface area (Å²) in [6.45, 7) is 0.899. The summed E-state index contributed by atoms with van der Waals surface area (Å²) in [5, 5.41) is 7.43. The maximum atomic E-state index is 11.5. The predicted molar refractivity (Wildman–Crippen MR) is 72.2 cm³/mol. The van der Waals surface area contributed by atoms with Gasteiger partial charge in [-0.15, -0.1) is 0 Å². The molecule has 0 saturated carbocycles. The van der Waals surface area contributed by atoms with E-state index in [1.165, 1.54) is 5.56 Å². The molecule has 17 heavy (non-hydrogen) atoms. The first-order valence-electron chi connectivity index (χ1n) is 5.97. The van der Waals surface area contributed by atoms with E-state index in [-0.39, 0.29) is 0 Å². The van der Waals surface area contributed by atoms with Crippen molar-refractivity contribution in [3.8, 4) is 0 Å². The second-order valence-electron chi connectivity index (χ2n) is 4.82. The van der Waals surface area contributed by atoms with E-state index in [0.29, 0.717) is 23.3 Å². The molecule has 1 aliphatic rings. The highest BCUT2D eigenvalue weighted by Gasteiger charge is 2.33. The molecule has 5 heteroatoms. The minimum Gasteiger partial charge on any atom is -0.319 e. The van der Waals surface area contributed by atoms with E-state index in [2.05, 4.69) is 22.1 Å². The smallest absolute Gasteiger partial charge is 0.150 e. The molecule has 1 fully saturated rings. The minimum atomic E-state index is -2.76. The van der Waals surface area contributed by atoms with Crippen LogP contribution in [0.25, 0.3) is 0 Å². The van der Waals surface area contributed by atoms with Crippen molar-refractivity contribution in [3.63, 3.8) is 0 Å². The molecule has 96 valence electrons. The van der Waals surface area contributed by atoms with Crippen LogP contribution >= 0.6 is 11.3 Å². The second kappa shape index (κ2) is 5.50. The lowest BCUT2D eigenvalue weighted by Gasteiger charge is -2.21. The average Bonchev–Trinajstić information content (AvgIpc) is 2.87. The van der Waals surface area contributed by atoms with Gasteiger partial charge in [-0.2, -0.15) is 11.3 Å². The summed E-state index contributed by atoms with van der Waals surface area (Å²) >= 11 is 1.70. The molecule has 1 saturated heterocycles. The zero-order valence-electron chi connectivity index (χ0n) is 10.1. The molecule has 0 amide bonds. The molecule has 0 bridgehead atoms. The van der Waals surface area contributed by atoms with Gasteiger partial charge in [-0.25, -0.2) is 8.42 Å². The van der Waals surface area contributed by atoms with Gasteiger partial charge in [0.25, 0.3) is 0 Å². The van der Waals surface area contributed by atoms with Crippen LogP contribution in [0, 0.1) is 11.8 Å². The van der Waals surface area contributed by atoms with Crippen LogP contribution in [0.1, 0.15) is 12.0 Å². The van der Waals surface area contributed by atoms with Crippen molar-refractivity contribution in [2.75, 3.05) is 25.1 Å². The monoisotopic (exact) mass is 273 g/mol. The van der Waals surface area contributed by atoms with Gasteiger partial charge in [0, 0.05) is 0 Å². The van der Waals surface area contributed by atoms with E-state index >= 15 is 0 Å². The van der Waals surface area contributed by atoms with Crippen LogP contribution in [0.2, 0.25) is 0 Å². The number of nitrogens with one attached hydrogen (secondary N) is 1. The Morgan fingerprint density at radius 3 is 2.94 bits per heavy atom. The fourth-order valence-corrected chi connectivity index (χ4v) is 5.18. The number of hydrogen-bond donors (Lipinski definition) is 1. The van der Waals surface area contributed by atoms with Gasteiger partial charge in [0.1, 0.15) is 0 Å². The average molecular weight is 273 g/mol. The van der Waals surface area contributed by atoms with Gasteiger partial charge >= 0.3 is 0 Å². The lowest BCUT2D eigenvalue weighted by Crippen LogP contribution is -2.28. The van der Waals surface area contributed by atoms with E-state index < -0.39 is 9.84 Å². The van der Waals surface area contributed by atoms with Crippen molar-refractivity contribution in [3.05, 3.63) is 22.4 Å². The highest BCUT2D eigenvalue weighted by atomic mass is 32.2. The third-order valence-corrected chi connectivity index (χ3v) is 6.00. The molecule has 3 nitrogen and oxygen atoms in total. The van der Waals surface area contributed by atoms with Crippen molar-refractivity contribution in [2.45, 2.75) is 12.8 Å². The zero-order chi connectivity index (χ0) is 12.3. The van der Waals surface area contributed by atoms with Gasteiger partial charge in [-0.1, -0.05) is 0 Å². The fraction of sp³-hybridized carbons (Fsp3) is 0.667. The molecule has 2 unspecified atom stereocenters. The zero-order valence-corrected chi connectivity index (χ0v) is 11.7. The van der Waals surface area contributed by atoms with Gasteiger partial charge < -0.3 is 5.32 Å². The molecule has 0 spiro atoms. The van der Waals surface area contributed by atoms with Crippen LogP contribution in [0.15, 0.2) is 16.8 Å². The van der Waals surface area contributed by atoms with Crippen LogP contribution in [0.4, 0.5) is 0 Å². The van der Waals surface area contributed by atoms with Crippen LogP contribution in [0.5, 0.6) is 0 Å². The van der Waals surface area contributed by atoms with Crippen molar-refractivity contribution >= 4 is 21.2 Å². The van der Waals surface area contributed by atoms with Crippen molar-refractivity contribution in [1.82, 2.24) is 5.32 Å². The molecule has 2 rings (SSSR count). The third kappa shape index (κ3) is 3.53. The summed E-state index contributed by atoms with van der Waals surface area (Å²) in [6, 6.07) is 2.14. The summed E-state index contributed by atoms with van der Waals surface area (Å²) in [7, 11) is -0.828. The Labute approximate surface area is 107 Å². The topological polar surface area (TPSA) is 46.2 Å². The molecular weight excluding hydrogens is 254 g/mol. The first kappa shape index (κ1) is 13.1. The SMILES string of the molecule is CNCC(Cc1ccsc1)C1CCS(=O)(=O)C1. The van der Waals surface area contributed by atoms with Crippen molar-refractivity contribution < 1.29 is 8.42 Å². The van der Waals surface area contributed by atoms with Crippen molar-refractivity contribution in [1.29, 1.82) is 0 Å². The third-order valence-electron chi connectivity index (χ3n) is 3.48. The van der Waals surface area contributed by atoms with E-state index in [1.807, 2.05) is 7.05 Å². The molecule has 1 aliphatic heterocycles. The van der Waals surface area contributed by atoms with Gasteiger partial charge in [-0.3, -0.25) is 0 Å². The number of hydrogen-bond acceptors (Lipinski definition) is 4. The number of sulfone groups is 1. The van der Waals surface area contributed by atoms with Gasteiger partial charge in [0.05, 0.1) is 11.5 Å². The predicted octanol–water partition coefficient (Wildman–Crippen LogP) is 1.56. The summed E-state index contributed by atoms with van der Waals surface area (Å²) < 4.78 is 23.1. The van der Waals surface area contributed by atoms with E-state index in [0.717, 1.165) is 19.4 Å². The summed E-state index contributed by atoms with van der Waals surface area (Å²) in [6.07, 6.45) is 1.82. The van der Waals surface area contributed by atoms with E-state index in [1.54, 1.807) is 11.3 Å². The van der Waals surface area contributed by atoms with Crippen LogP contribution in [0.3, 0.4) is 0 Å². The summed E-state index contributed by atoms with van der Waals surface area (Å²) in [4.78, 5) is 0. The molecule has 0 aliphatic carbocycles. The fourth-order valence-electron chi connectivity index (χ4n) is 2.57. The Morgan fingerprint density at radius 1 is 1.59 bits per heavy atom. The Morgan fingerprint density at radius 2 is 2.41 bits per heavy atom. The lowest BCUT2D eigenvalue weighted by atomic mass is 9.87. The molecule has 2 heterocycles. The Balaban J connectivity index is 2.02. The number of rotatable bonds is 5. The summed E-state index contributed by atoms with van der Waals surface area (Å²) in [5.74, 6) is 1.52. The molecule has 1 N–H and O–H groups in total. The normalized spacial score (nSPS) is 24.9. The molecule has 1 aromatic rings. The van der Waals surface area contributed by atoms with Crippen LogP contribution in [-0.2, 0) is 16.3 Å². The molecular formula is C12H19NO2S2. The second-order valence-corrected chi connectivity index (χ2v) is 7.83. The van der Waals surface area contributed by atoms with E-state index in [9.17, 15) is 8.42 Å². The minimum absolute atomic E-state index is 0.326. The Hall–Kier alpha value is -0.390. The molecule has 0 radical (unpaired) electrons. The van der Waals surface area contributed by atoms with Crippen molar-refractivity contribution in [2.24, 2.45) is 11.8 Å². The molecule has 1 aromatic heterocycles. The maximum Gasteiger partial charge on any atom is 0.150 e. The highest BCUT2D eigenvalue weighted by Crippen LogP contribution is 2.28. The van der Waals surface area contributed by atoms with Crippen LogP contribution in [-0.4, -0.2) is 33.5 Å². The van der Waals surface area contributed by atoms with Crippen LogP contribution < -0.4 is 5.32 Å². The first-order valence-corrected chi connectivity index (χ1v) is 8.73. The standard InChI is InChI=1S/C12H19NO2S2/c1-13-7-12(6-10-2-4-16-8-10)11-3-5-17(14,15)9-11/h2,4,8,11-13H,3,5-7,9H2,1H3. The quantitative estimate of drug-likeness (QED) is 0.885. The van der Waals surface area contributed by atoms with E-state index in [4.69, 9.17) is 0 Å². The van der Waals surface area contributed by atoms with Gasteiger partial charge in [-0.05, 0) is 60.7 Å². The van der Waals surface area contributed by atoms with Gasteiger partial charge in [0.15, 0.2) is 9.84 Å². The highest BCUT2D eigenvalue weighted by molar-refractivity contribution is 7.91. The number of thiophene rings is 1. The molecule has 2 atom stereocenters. The first-order chi connectivity index (χ1) is 8.11. The Kier molecular flexibility index (Phi) is 4.22. The van der Waals surface area contributed by atoms with Gasteiger partial charge in [0.2, 0.25) is 0 Å². The lowest BCUT2D eigenvalue weighted by molar-refractivity contribution is 0.352. The Bertz CT molecular complexity index is 439.